The van der Waals surface area contributed by atoms with Gasteiger partial charge in [-0.25, -0.2) is 0 Å². The van der Waals surface area contributed by atoms with Gasteiger partial charge in [-0.15, -0.1) is 0 Å². The van der Waals surface area contributed by atoms with E-state index in [1.54, 1.807) is 6.07 Å². The van der Waals surface area contributed by atoms with Crippen LogP contribution in [-0.2, 0) is 21.4 Å². The van der Waals surface area contributed by atoms with Crippen molar-refractivity contribution in [3.8, 4) is 5.75 Å². The van der Waals surface area contributed by atoms with Crippen molar-refractivity contribution in [1.29, 1.82) is 0 Å². The minimum Gasteiger partial charge on any atom is -0.507 e. The van der Waals surface area contributed by atoms with Crippen molar-refractivity contribution >= 4 is 11.7 Å². The SMILES string of the molecule is NC(=O)c1ccc2c(c1O)[C@]13CCC[C@H](C2)[C@]1(O)CCC(=O)C3.NCC1CCCO1. The van der Waals surface area contributed by atoms with Gasteiger partial charge in [0.1, 0.15) is 11.5 Å². The van der Waals surface area contributed by atoms with Crippen molar-refractivity contribution in [1.82, 2.24) is 0 Å². The van der Waals surface area contributed by atoms with E-state index in [4.69, 9.17) is 16.2 Å². The van der Waals surface area contributed by atoms with Crippen LogP contribution >= 0.6 is 0 Å². The molecule has 1 unspecified atom stereocenters. The summed E-state index contributed by atoms with van der Waals surface area (Å²) in [5.41, 5.74) is 10.6. The highest BCUT2D eigenvalue weighted by Gasteiger charge is 2.63. The van der Waals surface area contributed by atoms with Crippen molar-refractivity contribution in [3.05, 3.63) is 28.8 Å². The summed E-state index contributed by atoms with van der Waals surface area (Å²) < 4.78 is 5.18. The third kappa shape index (κ3) is 3.24. The van der Waals surface area contributed by atoms with E-state index in [1.807, 2.05) is 6.07 Å². The van der Waals surface area contributed by atoms with Gasteiger partial charge in [0.25, 0.3) is 5.91 Å². The van der Waals surface area contributed by atoms with Gasteiger partial charge in [-0.3, -0.25) is 9.59 Å². The highest BCUT2D eigenvalue weighted by atomic mass is 16.5. The molecule has 0 spiro atoms. The predicted molar refractivity (Wildman–Crippen MR) is 111 cm³/mol. The maximum absolute atomic E-state index is 12.2. The lowest BCUT2D eigenvalue weighted by Crippen LogP contribution is -2.64. The molecule has 7 heteroatoms. The van der Waals surface area contributed by atoms with Crippen LogP contribution in [0.5, 0.6) is 5.75 Å². The number of nitrogens with two attached hydrogens (primary N) is 2. The summed E-state index contributed by atoms with van der Waals surface area (Å²) in [4.78, 5) is 23.8. The Morgan fingerprint density at radius 1 is 1.23 bits per heavy atom. The molecule has 1 amide bonds. The first-order valence-electron chi connectivity index (χ1n) is 11.0. The molecule has 164 valence electrons. The molecule has 1 heterocycles. The molecule has 3 fully saturated rings. The number of ketones is 1. The van der Waals surface area contributed by atoms with E-state index >= 15 is 0 Å². The van der Waals surface area contributed by atoms with Gasteiger partial charge >= 0.3 is 0 Å². The molecule has 4 aliphatic rings. The fraction of sp³-hybridized carbons (Fsp3) is 0.652. The Morgan fingerprint density at radius 2 is 2.03 bits per heavy atom. The van der Waals surface area contributed by atoms with Gasteiger partial charge in [-0.1, -0.05) is 12.5 Å². The molecule has 30 heavy (non-hydrogen) atoms. The molecule has 0 radical (unpaired) electrons. The van der Waals surface area contributed by atoms with E-state index in [0.717, 1.165) is 31.4 Å². The Hall–Kier alpha value is -1.96. The molecule has 6 N–H and O–H groups in total. The number of hydrogen-bond donors (Lipinski definition) is 4. The van der Waals surface area contributed by atoms with E-state index in [2.05, 4.69) is 0 Å². The zero-order valence-electron chi connectivity index (χ0n) is 17.4. The molecule has 7 nitrogen and oxygen atoms in total. The number of carbonyl (C=O) groups is 2. The fourth-order valence-corrected chi connectivity index (χ4v) is 6.27. The summed E-state index contributed by atoms with van der Waals surface area (Å²) in [6.45, 7) is 1.61. The molecule has 2 bridgehead atoms. The summed E-state index contributed by atoms with van der Waals surface area (Å²) in [6, 6.07) is 3.38. The maximum atomic E-state index is 12.2. The Morgan fingerprint density at radius 3 is 2.67 bits per heavy atom. The van der Waals surface area contributed by atoms with Crippen molar-refractivity contribution in [3.63, 3.8) is 0 Å². The Kier molecular flexibility index (Phi) is 5.64. The van der Waals surface area contributed by atoms with Gasteiger partial charge in [0.2, 0.25) is 0 Å². The maximum Gasteiger partial charge on any atom is 0.252 e. The number of Topliss-reactive ketones (excluding diaryl/α,β-unsaturated/α-hetero) is 1. The number of hydrogen-bond acceptors (Lipinski definition) is 6. The van der Waals surface area contributed by atoms with Gasteiger partial charge in [0, 0.05) is 37.0 Å². The van der Waals surface area contributed by atoms with Gasteiger partial charge in [-0.2, -0.15) is 0 Å². The lowest BCUT2D eigenvalue weighted by molar-refractivity contribution is -0.160. The predicted octanol–water partition coefficient (Wildman–Crippen LogP) is 1.69. The number of carbonyl (C=O) groups excluding carboxylic acids is 2. The highest BCUT2D eigenvalue weighted by Crippen LogP contribution is 2.62. The molecule has 1 saturated heterocycles. The number of aromatic hydroxyl groups is 1. The van der Waals surface area contributed by atoms with E-state index < -0.39 is 16.9 Å². The van der Waals surface area contributed by atoms with Gasteiger partial charge in [-0.05, 0) is 56.1 Å². The first-order valence-corrected chi connectivity index (χ1v) is 11.0. The third-order valence-corrected chi connectivity index (χ3v) is 7.71. The molecular weight excluding hydrogens is 384 g/mol. The Labute approximate surface area is 176 Å². The van der Waals surface area contributed by atoms with Crippen LogP contribution in [0, 0.1) is 5.92 Å². The summed E-state index contributed by atoms with van der Waals surface area (Å²) in [6.07, 6.45) is 6.99. The van der Waals surface area contributed by atoms with Crippen molar-refractivity contribution in [2.75, 3.05) is 13.2 Å². The smallest absolute Gasteiger partial charge is 0.252 e. The lowest BCUT2D eigenvalue weighted by Gasteiger charge is -2.60. The number of fused-ring (bicyclic) bond motifs is 1. The van der Waals surface area contributed by atoms with E-state index in [1.165, 1.54) is 6.42 Å². The van der Waals surface area contributed by atoms with Crippen LogP contribution in [0.4, 0.5) is 0 Å². The fourth-order valence-electron chi connectivity index (χ4n) is 6.27. The highest BCUT2D eigenvalue weighted by molar-refractivity contribution is 5.96. The first-order chi connectivity index (χ1) is 14.3. The van der Waals surface area contributed by atoms with Crippen LogP contribution in [0.25, 0.3) is 0 Å². The number of phenols is 1. The zero-order chi connectivity index (χ0) is 21.5. The molecule has 2 saturated carbocycles. The monoisotopic (exact) mass is 416 g/mol. The second kappa shape index (κ2) is 7.94. The number of aliphatic hydroxyl groups is 1. The normalized spacial score (nSPS) is 34.4. The summed E-state index contributed by atoms with van der Waals surface area (Å²) in [5, 5.41) is 22.2. The van der Waals surface area contributed by atoms with Gasteiger partial charge < -0.3 is 26.4 Å². The average molecular weight is 417 g/mol. The van der Waals surface area contributed by atoms with Crippen LogP contribution < -0.4 is 11.5 Å². The van der Waals surface area contributed by atoms with Gasteiger partial charge in [0.15, 0.2) is 0 Å². The first kappa shape index (κ1) is 21.3. The molecule has 1 aromatic rings. The Balaban J connectivity index is 0.000000265. The van der Waals surface area contributed by atoms with Crippen LogP contribution in [0.3, 0.4) is 0 Å². The van der Waals surface area contributed by atoms with Crippen molar-refractivity contribution < 1.29 is 24.5 Å². The summed E-state index contributed by atoms with van der Waals surface area (Å²) >= 11 is 0. The standard InChI is InChI=1S/C18H21NO4.C5H11NO/c19-16(22)13-4-3-10-8-11-2-1-6-17(14(10)15(13)21)9-12(20)5-7-18(11,17)23;6-4-5-2-1-3-7-5/h3-4,11,21,23H,1-2,5-9H2,(H2,19,22);5H,1-4,6H2/t11-,17-,18-;/m1./s1. The van der Waals surface area contributed by atoms with Gasteiger partial charge in [0.05, 0.1) is 17.3 Å². The number of rotatable bonds is 2. The van der Waals surface area contributed by atoms with Crippen molar-refractivity contribution in [2.24, 2.45) is 17.4 Å². The van der Waals surface area contributed by atoms with Crippen LogP contribution in [0.15, 0.2) is 12.1 Å². The third-order valence-electron chi connectivity index (χ3n) is 7.71. The topological polar surface area (TPSA) is 136 Å². The second-order valence-electron chi connectivity index (χ2n) is 9.25. The molecule has 5 rings (SSSR count). The minimum absolute atomic E-state index is 0.0718. The minimum atomic E-state index is -0.972. The second-order valence-corrected chi connectivity index (χ2v) is 9.25. The molecule has 0 aromatic heterocycles. The molecule has 1 aromatic carbocycles. The quantitative estimate of drug-likeness (QED) is 0.579. The van der Waals surface area contributed by atoms with E-state index in [0.29, 0.717) is 43.9 Å². The number of benzene rings is 1. The largest absolute Gasteiger partial charge is 0.507 e. The molecular formula is C23H32N2O5. The number of primary amides is 1. The summed E-state index contributed by atoms with van der Waals surface area (Å²) in [5.74, 6) is -0.600. The Bertz CT molecular complexity index is 850. The van der Waals surface area contributed by atoms with Crippen LogP contribution in [0.2, 0.25) is 0 Å². The van der Waals surface area contributed by atoms with Crippen LogP contribution in [-0.4, -0.2) is 46.8 Å². The lowest BCUT2D eigenvalue weighted by atomic mass is 9.46. The van der Waals surface area contributed by atoms with E-state index in [-0.39, 0.29) is 29.4 Å². The molecule has 1 aliphatic heterocycles. The summed E-state index contributed by atoms with van der Waals surface area (Å²) in [7, 11) is 0. The number of amides is 1. The molecule has 4 atom stereocenters. The molecule has 3 aliphatic carbocycles. The zero-order valence-corrected chi connectivity index (χ0v) is 17.4. The number of ether oxygens (including phenoxy) is 1. The van der Waals surface area contributed by atoms with Crippen molar-refractivity contribution in [2.45, 2.75) is 74.9 Å². The van der Waals surface area contributed by atoms with Crippen LogP contribution in [0.1, 0.15) is 72.9 Å². The van der Waals surface area contributed by atoms with E-state index in [9.17, 15) is 19.8 Å². The average Bonchev–Trinajstić information content (AvgIpc) is 3.22.